The molecule has 0 radical (unpaired) electrons. The quantitative estimate of drug-likeness (QED) is 0.745. The summed E-state index contributed by atoms with van der Waals surface area (Å²) in [5.41, 5.74) is 3.39. The molecule has 0 aromatic heterocycles. The summed E-state index contributed by atoms with van der Waals surface area (Å²) in [4.78, 5) is 0. The van der Waals surface area contributed by atoms with E-state index >= 15 is 0 Å². The van der Waals surface area contributed by atoms with E-state index in [1.54, 1.807) is 14.2 Å². The molecular weight excluding hydrogens is 211 g/mol. The molecule has 0 saturated carbocycles. The van der Waals surface area contributed by atoms with Crippen LogP contribution in [0.15, 0.2) is 54.6 Å². The van der Waals surface area contributed by atoms with Crippen LogP contribution in [0.2, 0.25) is 0 Å². The van der Waals surface area contributed by atoms with Gasteiger partial charge >= 0.3 is 7.12 Å². The van der Waals surface area contributed by atoms with Crippen LogP contribution in [0.3, 0.4) is 0 Å². The van der Waals surface area contributed by atoms with Crippen LogP contribution in [0.25, 0.3) is 11.1 Å². The molecule has 0 aliphatic rings. The predicted molar refractivity (Wildman–Crippen MR) is 71.3 cm³/mol. The molecule has 0 aliphatic heterocycles. The molecule has 2 aromatic carbocycles. The second kappa shape index (κ2) is 5.66. The summed E-state index contributed by atoms with van der Waals surface area (Å²) in [5, 5.41) is 0. The maximum Gasteiger partial charge on any atom is 0.493 e. The molecule has 0 fully saturated rings. The van der Waals surface area contributed by atoms with Crippen molar-refractivity contribution < 1.29 is 9.31 Å². The normalized spacial score (nSPS) is 10.2. The van der Waals surface area contributed by atoms with Gasteiger partial charge in [0.15, 0.2) is 0 Å². The van der Waals surface area contributed by atoms with Crippen LogP contribution in [0.4, 0.5) is 0 Å². The van der Waals surface area contributed by atoms with E-state index in [2.05, 4.69) is 24.3 Å². The van der Waals surface area contributed by atoms with Crippen LogP contribution in [0.1, 0.15) is 0 Å². The summed E-state index contributed by atoms with van der Waals surface area (Å²) in [5.74, 6) is 0. The zero-order valence-corrected chi connectivity index (χ0v) is 10.1. The highest BCUT2D eigenvalue weighted by molar-refractivity contribution is 6.61. The zero-order chi connectivity index (χ0) is 12.1. The number of hydrogen-bond acceptors (Lipinski definition) is 2. The molecular formula is C14H15BO2. The Morgan fingerprint density at radius 1 is 0.765 bits per heavy atom. The third-order valence-corrected chi connectivity index (χ3v) is 2.69. The van der Waals surface area contributed by atoms with Gasteiger partial charge < -0.3 is 9.31 Å². The molecule has 86 valence electrons. The van der Waals surface area contributed by atoms with Crippen molar-refractivity contribution in [1.82, 2.24) is 0 Å². The van der Waals surface area contributed by atoms with Gasteiger partial charge in [-0.15, -0.1) is 0 Å². The van der Waals surface area contributed by atoms with Crippen molar-refractivity contribution in [3.63, 3.8) is 0 Å². The van der Waals surface area contributed by atoms with Gasteiger partial charge in [0.1, 0.15) is 0 Å². The minimum atomic E-state index is -0.307. The summed E-state index contributed by atoms with van der Waals surface area (Å²) in [6.07, 6.45) is 0. The van der Waals surface area contributed by atoms with Crippen LogP contribution >= 0.6 is 0 Å². The molecule has 2 aromatic rings. The van der Waals surface area contributed by atoms with Crippen molar-refractivity contribution in [2.75, 3.05) is 14.2 Å². The SMILES string of the molecule is COB(OC)c1cccc(-c2ccccc2)c1. The molecule has 0 bridgehead atoms. The third-order valence-electron chi connectivity index (χ3n) is 2.69. The van der Waals surface area contributed by atoms with Gasteiger partial charge in [0.2, 0.25) is 0 Å². The lowest BCUT2D eigenvalue weighted by Gasteiger charge is -2.10. The van der Waals surface area contributed by atoms with Gasteiger partial charge in [0.05, 0.1) is 0 Å². The van der Waals surface area contributed by atoms with Crippen molar-refractivity contribution in [3.05, 3.63) is 54.6 Å². The fourth-order valence-electron chi connectivity index (χ4n) is 1.86. The van der Waals surface area contributed by atoms with Crippen LogP contribution in [-0.2, 0) is 9.31 Å². The minimum Gasteiger partial charge on any atom is -0.410 e. The molecule has 0 heterocycles. The van der Waals surface area contributed by atoms with Gasteiger partial charge in [-0.1, -0.05) is 54.6 Å². The first-order chi connectivity index (χ1) is 8.35. The summed E-state index contributed by atoms with van der Waals surface area (Å²) in [6.45, 7) is 0. The van der Waals surface area contributed by atoms with Gasteiger partial charge in [-0.2, -0.15) is 0 Å². The fourth-order valence-corrected chi connectivity index (χ4v) is 1.86. The topological polar surface area (TPSA) is 18.5 Å². The van der Waals surface area contributed by atoms with E-state index in [-0.39, 0.29) is 7.12 Å². The molecule has 0 amide bonds. The van der Waals surface area contributed by atoms with Crippen LogP contribution in [-0.4, -0.2) is 21.3 Å². The average Bonchev–Trinajstić information content (AvgIpc) is 2.42. The molecule has 0 N–H and O–H groups in total. The first kappa shape index (κ1) is 11.9. The lowest BCUT2D eigenvalue weighted by Crippen LogP contribution is -2.34. The summed E-state index contributed by atoms with van der Waals surface area (Å²) >= 11 is 0. The highest BCUT2D eigenvalue weighted by Gasteiger charge is 2.17. The van der Waals surface area contributed by atoms with Crippen molar-refractivity contribution >= 4 is 12.6 Å². The van der Waals surface area contributed by atoms with Crippen molar-refractivity contribution in [2.45, 2.75) is 0 Å². The Labute approximate surface area is 102 Å². The number of benzene rings is 2. The van der Waals surface area contributed by atoms with Crippen LogP contribution in [0.5, 0.6) is 0 Å². The van der Waals surface area contributed by atoms with E-state index < -0.39 is 0 Å². The predicted octanol–water partition coefficient (Wildman–Crippen LogP) is 2.34. The van der Waals surface area contributed by atoms with E-state index in [1.807, 2.05) is 30.3 Å². The van der Waals surface area contributed by atoms with Gasteiger partial charge in [-0.3, -0.25) is 0 Å². The Kier molecular flexibility index (Phi) is 3.96. The van der Waals surface area contributed by atoms with Crippen LogP contribution < -0.4 is 5.46 Å². The molecule has 0 unspecified atom stereocenters. The van der Waals surface area contributed by atoms with E-state index in [4.69, 9.17) is 9.31 Å². The molecule has 0 spiro atoms. The maximum absolute atomic E-state index is 5.25. The molecule has 0 saturated heterocycles. The Balaban J connectivity index is 2.35. The second-order valence-corrected chi connectivity index (χ2v) is 3.79. The Hall–Kier alpha value is -1.58. The smallest absolute Gasteiger partial charge is 0.410 e. The molecule has 3 heteroatoms. The molecule has 17 heavy (non-hydrogen) atoms. The highest BCUT2D eigenvalue weighted by atomic mass is 16.6. The lowest BCUT2D eigenvalue weighted by atomic mass is 9.78. The summed E-state index contributed by atoms with van der Waals surface area (Å²) in [6, 6.07) is 18.5. The third kappa shape index (κ3) is 2.76. The maximum atomic E-state index is 5.25. The van der Waals surface area contributed by atoms with Crippen molar-refractivity contribution in [3.8, 4) is 11.1 Å². The number of rotatable bonds is 4. The first-order valence-corrected chi connectivity index (χ1v) is 5.56. The second-order valence-electron chi connectivity index (χ2n) is 3.79. The fraction of sp³-hybridized carbons (Fsp3) is 0.143. The Morgan fingerprint density at radius 3 is 2.06 bits per heavy atom. The van der Waals surface area contributed by atoms with Crippen molar-refractivity contribution in [1.29, 1.82) is 0 Å². The summed E-state index contributed by atoms with van der Waals surface area (Å²) < 4.78 is 10.5. The van der Waals surface area contributed by atoms with Gasteiger partial charge in [0.25, 0.3) is 0 Å². The van der Waals surface area contributed by atoms with Gasteiger partial charge in [0, 0.05) is 14.2 Å². The monoisotopic (exact) mass is 226 g/mol. The van der Waals surface area contributed by atoms with E-state index in [0.717, 1.165) is 5.46 Å². The molecule has 2 rings (SSSR count). The molecule has 2 nitrogen and oxygen atoms in total. The largest absolute Gasteiger partial charge is 0.493 e. The van der Waals surface area contributed by atoms with E-state index in [9.17, 15) is 0 Å². The number of hydrogen-bond donors (Lipinski definition) is 0. The van der Waals surface area contributed by atoms with Gasteiger partial charge in [-0.25, -0.2) is 0 Å². The van der Waals surface area contributed by atoms with Gasteiger partial charge in [-0.05, 0) is 16.6 Å². The van der Waals surface area contributed by atoms with Crippen LogP contribution in [0, 0.1) is 0 Å². The summed E-state index contributed by atoms with van der Waals surface area (Å²) in [7, 11) is 2.98. The average molecular weight is 226 g/mol. The standard InChI is InChI=1S/C14H15BO2/c1-16-15(17-2)14-10-6-9-13(11-14)12-7-4-3-5-8-12/h3-11H,1-2H3. The Bertz CT molecular complexity index is 467. The highest BCUT2D eigenvalue weighted by Crippen LogP contribution is 2.17. The molecule has 0 aliphatic carbocycles. The van der Waals surface area contributed by atoms with E-state index in [1.165, 1.54) is 11.1 Å². The zero-order valence-electron chi connectivity index (χ0n) is 10.1. The van der Waals surface area contributed by atoms with Crippen molar-refractivity contribution in [2.24, 2.45) is 0 Å². The first-order valence-electron chi connectivity index (χ1n) is 5.56. The lowest BCUT2D eigenvalue weighted by molar-refractivity contribution is 0.292. The molecule has 0 atom stereocenters. The van der Waals surface area contributed by atoms with E-state index in [0.29, 0.717) is 0 Å². The minimum absolute atomic E-state index is 0.307. The Morgan fingerprint density at radius 2 is 1.41 bits per heavy atom.